The Balaban J connectivity index is 1.91. The molecule has 0 bridgehead atoms. The molecule has 0 radical (unpaired) electrons. The Hall–Kier alpha value is -2.93. The number of aromatic hydroxyl groups is 1. The topological polar surface area (TPSA) is 92.8 Å². The minimum Gasteiger partial charge on any atom is -0.504 e. The van der Waals surface area contributed by atoms with Crippen molar-refractivity contribution >= 4 is 34.9 Å². The van der Waals surface area contributed by atoms with Crippen LogP contribution in [-0.4, -0.2) is 28.3 Å². The fraction of sp³-hybridized carbons (Fsp3) is 0.0588. The van der Waals surface area contributed by atoms with Gasteiger partial charge in [0, 0.05) is 0 Å². The van der Waals surface area contributed by atoms with Gasteiger partial charge in [0.25, 0.3) is 5.22 Å². The number of nitrogens with zero attached hydrogens (tertiary/aromatic N) is 1. The fourth-order valence-electron chi connectivity index (χ4n) is 2.07. The third-order valence-electron chi connectivity index (χ3n) is 3.18. The lowest BCUT2D eigenvalue weighted by molar-refractivity contribution is -0.131. The number of fused-ring (bicyclic) bond motifs is 1. The van der Waals surface area contributed by atoms with Crippen molar-refractivity contribution in [2.75, 3.05) is 7.11 Å². The maximum atomic E-state index is 11.5. The van der Waals surface area contributed by atoms with Gasteiger partial charge in [-0.25, -0.2) is 9.78 Å². The van der Waals surface area contributed by atoms with Gasteiger partial charge in [0.05, 0.1) is 7.11 Å². The SMILES string of the molecule is COc1ccc(/C=C(\Sc2nc3ccccc3o2)C(=O)O)cc1O. The summed E-state index contributed by atoms with van der Waals surface area (Å²) in [5.74, 6) is -0.865. The van der Waals surface area contributed by atoms with Crippen molar-refractivity contribution in [2.45, 2.75) is 5.22 Å². The molecule has 0 spiro atoms. The Kier molecular flexibility index (Phi) is 4.43. The zero-order chi connectivity index (χ0) is 17.1. The van der Waals surface area contributed by atoms with E-state index in [-0.39, 0.29) is 15.9 Å². The largest absolute Gasteiger partial charge is 0.504 e. The monoisotopic (exact) mass is 343 g/mol. The Morgan fingerprint density at radius 1 is 1.29 bits per heavy atom. The van der Waals surface area contributed by atoms with E-state index < -0.39 is 5.97 Å². The average molecular weight is 343 g/mol. The van der Waals surface area contributed by atoms with Gasteiger partial charge < -0.3 is 19.4 Å². The molecule has 0 amide bonds. The van der Waals surface area contributed by atoms with Gasteiger partial charge in [0.2, 0.25) is 0 Å². The number of carboxylic acids is 1. The van der Waals surface area contributed by atoms with Crippen molar-refractivity contribution in [3.8, 4) is 11.5 Å². The molecule has 2 aromatic carbocycles. The Labute approximate surface area is 141 Å². The number of methoxy groups -OCH3 is 1. The predicted molar refractivity (Wildman–Crippen MR) is 90.1 cm³/mol. The van der Waals surface area contributed by atoms with Crippen LogP contribution in [0.3, 0.4) is 0 Å². The molecule has 0 saturated carbocycles. The van der Waals surface area contributed by atoms with Gasteiger partial charge in [-0.2, -0.15) is 0 Å². The Morgan fingerprint density at radius 2 is 2.08 bits per heavy atom. The number of rotatable bonds is 5. The van der Waals surface area contributed by atoms with Crippen LogP contribution < -0.4 is 4.74 Å². The lowest BCUT2D eigenvalue weighted by atomic mass is 10.2. The molecular formula is C17H13NO5S. The van der Waals surface area contributed by atoms with Crippen LogP contribution in [0.25, 0.3) is 17.2 Å². The van der Waals surface area contributed by atoms with E-state index in [2.05, 4.69) is 4.98 Å². The number of phenols is 1. The first kappa shape index (κ1) is 15.9. The fourth-order valence-corrected chi connectivity index (χ4v) is 2.82. The van der Waals surface area contributed by atoms with Crippen LogP contribution in [0.5, 0.6) is 11.5 Å². The van der Waals surface area contributed by atoms with E-state index in [0.717, 1.165) is 11.8 Å². The van der Waals surface area contributed by atoms with Gasteiger partial charge in [-0.15, -0.1) is 0 Å². The van der Waals surface area contributed by atoms with Gasteiger partial charge in [-0.3, -0.25) is 0 Å². The lowest BCUT2D eigenvalue weighted by Crippen LogP contribution is -1.96. The number of para-hydroxylation sites is 2. The van der Waals surface area contributed by atoms with Gasteiger partial charge in [0.15, 0.2) is 17.1 Å². The minimum atomic E-state index is -1.11. The van der Waals surface area contributed by atoms with Crippen molar-refractivity contribution in [3.63, 3.8) is 0 Å². The molecule has 7 heteroatoms. The molecule has 24 heavy (non-hydrogen) atoms. The van der Waals surface area contributed by atoms with Crippen molar-refractivity contribution < 1.29 is 24.2 Å². The summed E-state index contributed by atoms with van der Waals surface area (Å²) in [4.78, 5) is 15.7. The minimum absolute atomic E-state index is 0.0196. The van der Waals surface area contributed by atoms with Crippen molar-refractivity contribution in [1.82, 2.24) is 4.98 Å². The summed E-state index contributed by atoms with van der Waals surface area (Å²) < 4.78 is 10.5. The smallest absolute Gasteiger partial charge is 0.342 e. The average Bonchev–Trinajstić information content (AvgIpc) is 2.96. The van der Waals surface area contributed by atoms with Gasteiger partial charge in [0.1, 0.15) is 10.4 Å². The highest BCUT2D eigenvalue weighted by atomic mass is 32.2. The van der Waals surface area contributed by atoms with E-state index in [1.807, 2.05) is 12.1 Å². The molecule has 1 heterocycles. The van der Waals surface area contributed by atoms with Crippen LogP contribution in [0.2, 0.25) is 0 Å². The first-order valence-electron chi connectivity index (χ1n) is 6.92. The van der Waals surface area contributed by atoms with E-state index in [0.29, 0.717) is 22.4 Å². The number of hydrogen-bond acceptors (Lipinski definition) is 6. The maximum Gasteiger partial charge on any atom is 0.342 e. The second-order valence-corrected chi connectivity index (χ2v) is 5.79. The second kappa shape index (κ2) is 6.67. The van der Waals surface area contributed by atoms with E-state index in [1.54, 1.807) is 24.3 Å². The van der Waals surface area contributed by atoms with Gasteiger partial charge >= 0.3 is 5.97 Å². The number of ether oxygens (including phenoxy) is 1. The first-order valence-corrected chi connectivity index (χ1v) is 7.74. The molecule has 0 atom stereocenters. The standard InChI is InChI=1S/C17H13NO5S/c1-22-14-7-6-10(8-12(14)19)9-15(16(20)21)24-17-18-11-4-2-3-5-13(11)23-17/h2-9,19H,1H3,(H,20,21)/b15-9-. The molecule has 0 saturated heterocycles. The van der Waals surface area contributed by atoms with Gasteiger partial charge in [-0.1, -0.05) is 18.2 Å². The number of benzene rings is 2. The summed E-state index contributed by atoms with van der Waals surface area (Å²) in [7, 11) is 1.44. The van der Waals surface area contributed by atoms with Crippen LogP contribution in [0.15, 0.2) is 57.0 Å². The second-order valence-electron chi connectivity index (χ2n) is 4.79. The van der Waals surface area contributed by atoms with Crippen LogP contribution in [0.1, 0.15) is 5.56 Å². The van der Waals surface area contributed by atoms with Crippen LogP contribution in [0.4, 0.5) is 0 Å². The van der Waals surface area contributed by atoms with Crippen molar-refractivity contribution in [1.29, 1.82) is 0 Å². The highest BCUT2D eigenvalue weighted by Gasteiger charge is 2.15. The zero-order valence-electron chi connectivity index (χ0n) is 12.6. The summed E-state index contributed by atoms with van der Waals surface area (Å²) in [6.45, 7) is 0. The highest BCUT2D eigenvalue weighted by molar-refractivity contribution is 8.03. The van der Waals surface area contributed by atoms with Crippen molar-refractivity contribution in [3.05, 3.63) is 52.9 Å². The summed E-state index contributed by atoms with van der Waals surface area (Å²) in [5, 5.41) is 19.4. The number of hydrogen-bond donors (Lipinski definition) is 2. The number of phenolic OH excluding ortho intramolecular Hbond substituents is 1. The number of aliphatic carboxylic acids is 1. The molecule has 122 valence electrons. The number of carboxylic acid groups (broad SMARTS) is 1. The molecule has 6 nitrogen and oxygen atoms in total. The van der Waals surface area contributed by atoms with E-state index >= 15 is 0 Å². The van der Waals surface area contributed by atoms with Gasteiger partial charge in [-0.05, 0) is 47.7 Å². The highest BCUT2D eigenvalue weighted by Crippen LogP contribution is 2.32. The normalized spacial score (nSPS) is 11.6. The first-order chi connectivity index (χ1) is 11.6. The molecule has 2 N–H and O–H groups in total. The Bertz CT molecular complexity index is 899. The number of oxazole rings is 1. The molecule has 3 rings (SSSR count). The number of carbonyl (C=O) groups is 1. The molecule has 0 aliphatic heterocycles. The third-order valence-corrected chi connectivity index (χ3v) is 4.04. The maximum absolute atomic E-state index is 11.5. The molecule has 3 aromatic rings. The van der Waals surface area contributed by atoms with Crippen molar-refractivity contribution in [2.24, 2.45) is 0 Å². The van der Waals surface area contributed by atoms with E-state index in [4.69, 9.17) is 9.15 Å². The predicted octanol–water partition coefficient (Wildman–Crippen LogP) is 3.76. The quantitative estimate of drug-likeness (QED) is 0.538. The van der Waals surface area contributed by atoms with E-state index in [9.17, 15) is 15.0 Å². The molecule has 0 unspecified atom stereocenters. The molecule has 0 aliphatic rings. The lowest BCUT2D eigenvalue weighted by Gasteiger charge is -2.04. The summed E-state index contributed by atoms with van der Waals surface area (Å²) in [6, 6.07) is 11.8. The summed E-state index contributed by atoms with van der Waals surface area (Å²) in [6.07, 6.45) is 1.43. The number of thioether (sulfide) groups is 1. The van der Waals surface area contributed by atoms with Crippen LogP contribution in [-0.2, 0) is 4.79 Å². The number of aromatic nitrogens is 1. The summed E-state index contributed by atoms with van der Waals surface area (Å²) in [5.41, 5.74) is 1.77. The van der Waals surface area contributed by atoms with Crippen LogP contribution >= 0.6 is 11.8 Å². The molecule has 0 aliphatic carbocycles. The van der Waals surface area contributed by atoms with E-state index in [1.165, 1.54) is 19.3 Å². The zero-order valence-corrected chi connectivity index (χ0v) is 13.4. The third kappa shape index (κ3) is 3.36. The van der Waals surface area contributed by atoms with Crippen LogP contribution in [0, 0.1) is 0 Å². The molecule has 1 aromatic heterocycles. The molecular weight excluding hydrogens is 330 g/mol. The summed E-state index contributed by atoms with van der Waals surface area (Å²) >= 11 is 0.904. The Morgan fingerprint density at radius 3 is 2.75 bits per heavy atom. The molecule has 0 fully saturated rings.